The number of nitrogens with zero attached hydrogens (tertiary/aromatic N) is 4. The van der Waals surface area contributed by atoms with E-state index in [1.807, 2.05) is 56.0 Å². The van der Waals surface area contributed by atoms with Gasteiger partial charge in [0.1, 0.15) is 5.82 Å². The summed E-state index contributed by atoms with van der Waals surface area (Å²) in [6, 6.07) is 9.35. The number of carbonyl (C=O) groups excluding carboxylic acids is 1. The Morgan fingerprint density at radius 2 is 1.81 bits per heavy atom. The lowest BCUT2D eigenvalue weighted by Gasteiger charge is -2.37. The Labute approximate surface area is 159 Å². The highest BCUT2D eigenvalue weighted by Gasteiger charge is 2.30. The van der Waals surface area contributed by atoms with Crippen LogP contribution in [0.25, 0.3) is 0 Å². The van der Waals surface area contributed by atoms with E-state index in [9.17, 15) is 4.79 Å². The van der Waals surface area contributed by atoms with Crippen LogP contribution in [0.4, 0.5) is 17.5 Å². The number of rotatable bonds is 3. The quantitative estimate of drug-likeness (QED) is 0.891. The number of benzene rings is 1. The monoisotopic (exact) mass is 373 g/mol. The van der Waals surface area contributed by atoms with Crippen LogP contribution in [0, 0.1) is 5.41 Å². The molecule has 1 saturated heterocycles. The minimum atomic E-state index is -0.350. The zero-order valence-corrected chi connectivity index (χ0v) is 16.1. The molecule has 1 aliphatic rings. The molecule has 1 aliphatic heterocycles. The van der Waals surface area contributed by atoms with Crippen LogP contribution >= 0.6 is 11.6 Å². The molecule has 3 rings (SSSR count). The van der Waals surface area contributed by atoms with Gasteiger partial charge in [-0.2, -0.15) is 4.98 Å². The third-order valence-electron chi connectivity index (χ3n) is 4.27. The number of nitrogens with one attached hydrogen (secondary N) is 1. The first-order valence-electron chi connectivity index (χ1n) is 8.73. The predicted molar refractivity (Wildman–Crippen MR) is 105 cm³/mol. The van der Waals surface area contributed by atoms with Crippen molar-refractivity contribution in [1.29, 1.82) is 0 Å². The van der Waals surface area contributed by atoms with Crippen molar-refractivity contribution in [3.63, 3.8) is 0 Å². The van der Waals surface area contributed by atoms with E-state index >= 15 is 0 Å². The molecule has 0 atom stereocenters. The molecule has 0 aliphatic carbocycles. The van der Waals surface area contributed by atoms with Crippen LogP contribution in [0.2, 0.25) is 5.02 Å². The lowest BCUT2D eigenvalue weighted by Crippen LogP contribution is -2.52. The minimum absolute atomic E-state index is 0.187. The van der Waals surface area contributed by atoms with Crippen LogP contribution in [0.15, 0.2) is 36.5 Å². The van der Waals surface area contributed by atoms with Crippen LogP contribution in [-0.4, -0.2) is 47.0 Å². The molecule has 6 nitrogen and oxygen atoms in total. The van der Waals surface area contributed by atoms with Gasteiger partial charge in [0.15, 0.2) is 0 Å². The van der Waals surface area contributed by atoms with E-state index in [1.54, 1.807) is 6.20 Å². The fraction of sp³-hybridized carbons (Fsp3) is 0.421. The lowest BCUT2D eigenvalue weighted by molar-refractivity contribution is -0.139. The highest BCUT2D eigenvalue weighted by molar-refractivity contribution is 6.33. The average molecular weight is 374 g/mol. The Morgan fingerprint density at radius 1 is 1.12 bits per heavy atom. The van der Waals surface area contributed by atoms with Crippen LogP contribution in [-0.2, 0) is 4.79 Å². The summed E-state index contributed by atoms with van der Waals surface area (Å²) in [4.78, 5) is 25.4. The first kappa shape index (κ1) is 18.5. The molecule has 0 spiro atoms. The molecule has 0 bridgehead atoms. The molecule has 7 heteroatoms. The summed E-state index contributed by atoms with van der Waals surface area (Å²) in [7, 11) is 0. The van der Waals surface area contributed by atoms with E-state index in [2.05, 4.69) is 20.2 Å². The highest BCUT2D eigenvalue weighted by atomic mass is 35.5. The first-order chi connectivity index (χ1) is 12.3. The molecule has 2 aromatic rings. The number of carbonyl (C=O) groups is 1. The normalized spacial score (nSPS) is 15.1. The van der Waals surface area contributed by atoms with E-state index in [0.29, 0.717) is 29.9 Å². The average Bonchev–Trinajstić information content (AvgIpc) is 2.63. The molecule has 0 radical (unpaired) electrons. The maximum atomic E-state index is 12.4. The topological polar surface area (TPSA) is 61.4 Å². The summed E-state index contributed by atoms with van der Waals surface area (Å²) in [5, 5.41) is 3.87. The third kappa shape index (κ3) is 4.25. The molecule has 0 unspecified atom stereocenters. The molecule has 1 N–H and O–H groups in total. The Bertz CT molecular complexity index is 781. The summed E-state index contributed by atoms with van der Waals surface area (Å²) in [6.07, 6.45) is 1.73. The van der Waals surface area contributed by atoms with E-state index in [1.165, 1.54) is 0 Å². The maximum absolute atomic E-state index is 12.4. The Balaban J connectivity index is 1.66. The zero-order valence-electron chi connectivity index (χ0n) is 15.4. The fourth-order valence-electron chi connectivity index (χ4n) is 2.85. The van der Waals surface area contributed by atoms with Gasteiger partial charge in [-0.1, -0.05) is 44.5 Å². The summed E-state index contributed by atoms with van der Waals surface area (Å²) in [6.45, 7) is 8.66. The molecule has 2 heterocycles. The number of para-hydroxylation sites is 1. The van der Waals surface area contributed by atoms with Crippen molar-refractivity contribution >= 4 is 35.0 Å². The van der Waals surface area contributed by atoms with Gasteiger partial charge in [-0.3, -0.25) is 4.79 Å². The van der Waals surface area contributed by atoms with Gasteiger partial charge in [-0.25, -0.2) is 4.98 Å². The number of halogens is 1. The molecule has 1 fully saturated rings. The van der Waals surface area contributed by atoms with Gasteiger partial charge >= 0.3 is 0 Å². The number of hydrogen-bond donors (Lipinski definition) is 1. The number of aromatic nitrogens is 2. The highest BCUT2D eigenvalue weighted by Crippen LogP contribution is 2.25. The number of amides is 1. The van der Waals surface area contributed by atoms with Gasteiger partial charge in [0.2, 0.25) is 11.9 Å². The van der Waals surface area contributed by atoms with E-state index in [-0.39, 0.29) is 11.3 Å². The maximum Gasteiger partial charge on any atom is 0.228 e. The van der Waals surface area contributed by atoms with Crippen LogP contribution in [0.1, 0.15) is 20.8 Å². The first-order valence-corrected chi connectivity index (χ1v) is 9.11. The minimum Gasteiger partial charge on any atom is -0.339 e. The number of hydrogen-bond acceptors (Lipinski definition) is 5. The Hall–Kier alpha value is -2.34. The molecular weight excluding hydrogens is 350 g/mol. The zero-order chi connectivity index (χ0) is 18.7. The Morgan fingerprint density at radius 3 is 2.46 bits per heavy atom. The molecule has 1 amide bonds. The molecule has 1 aromatic carbocycles. The van der Waals surface area contributed by atoms with Crippen LogP contribution in [0.3, 0.4) is 0 Å². The second-order valence-corrected chi connectivity index (χ2v) is 7.78. The van der Waals surface area contributed by atoms with Crippen molar-refractivity contribution in [2.24, 2.45) is 5.41 Å². The van der Waals surface area contributed by atoms with Gasteiger partial charge in [-0.15, -0.1) is 0 Å². The van der Waals surface area contributed by atoms with Crippen molar-refractivity contribution < 1.29 is 4.79 Å². The standard InChI is InChI=1S/C19H24ClN5O/c1-19(2,3)17(26)24-10-12-25(13-11-24)18-21-9-8-16(23-18)22-15-7-5-4-6-14(15)20/h4-9H,10-13H2,1-3H3,(H,21,22,23). The third-order valence-corrected chi connectivity index (χ3v) is 4.60. The van der Waals surface area contributed by atoms with Gasteiger partial charge in [0.05, 0.1) is 10.7 Å². The smallest absolute Gasteiger partial charge is 0.228 e. The number of anilines is 3. The molecule has 1 aromatic heterocycles. The van der Waals surface area contributed by atoms with Gasteiger partial charge in [0, 0.05) is 37.8 Å². The van der Waals surface area contributed by atoms with Gasteiger partial charge < -0.3 is 15.1 Å². The van der Waals surface area contributed by atoms with Crippen molar-refractivity contribution in [1.82, 2.24) is 14.9 Å². The van der Waals surface area contributed by atoms with E-state index < -0.39 is 0 Å². The Kier molecular flexibility index (Phi) is 5.32. The van der Waals surface area contributed by atoms with E-state index in [0.717, 1.165) is 18.8 Å². The van der Waals surface area contributed by atoms with Gasteiger partial charge in [-0.05, 0) is 18.2 Å². The summed E-state index contributed by atoms with van der Waals surface area (Å²) < 4.78 is 0. The SMILES string of the molecule is CC(C)(C)C(=O)N1CCN(c2nccc(Nc3ccccc3Cl)n2)CC1. The van der Waals surface area contributed by atoms with Crippen molar-refractivity contribution in [2.75, 3.05) is 36.4 Å². The van der Waals surface area contributed by atoms with Crippen molar-refractivity contribution in [3.05, 3.63) is 41.6 Å². The van der Waals surface area contributed by atoms with Crippen molar-refractivity contribution in [3.8, 4) is 0 Å². The second-order valence-electron chi connectivity index (χ2n) is 7.38. The van der Waals surface area contributed by atoms with Crippen LogP contribution in [0.5, 0.6) is 0 Å². The van der Waals surface area contributed by atoms with E-state index in [4.69, 9.17) is 11.6 Å². The number of piperazine rings is 1. The summed E-state index contributed by atoms with van der Waals surface area (Å²) >= 11 is 6.19. The molecule has 138 valence electrons. The summed E-state index contributed by atoms with van der Waals surface area (Å²) in [5.41, 5.74) is 0.455. The lowest BCUT2D eigenvalue weighted by atomic mass is 9.94. The van der Waals surface area contributed by atoms with Crippen molar-refractivity contribution in [2.45, 2.75) is 20.8 Å². The largest absolute Gasteiger partial charge is 0.339 e. The van der Waals surface area contributed by atoms with Crippen LogP contribution < -0.4 is 10.2 Å². The molecule has 0 saturated carbocycles. The summed E-state index contributed by atoms with van der Waals surface area (Å²) in [5.74, 6) is 1.54. The molecule has 26 heavy (non-hydrogen) atoms. The fourth-order valence-corrected chi connectivity index (χ4v) is 3.04. The van der Waals surface area contributed by atoms with Gasteiger partial charge in [0.25, 0.3) is 0 Å². The second kappa shape index (κ2) is 7.50. The predicted octanol–water partition coefficient (Wildman–Crippen LogP) is 3.57. The molecular formula is C19H24ClN5O.